The minimum atomic E-state index is -0.621. The molecule has 2 atom stereocenters. The van der Waals surface area contributed by atoms with E-state index in [0.29, 0.717) is 71.7 Å². The van der Waals surface area contributed by atoms with Gasteiger partial charge in [-0.05, 0) is 37.1 Å². The van der Waals surface area contributed by atoms with E-state index in [1.807, 2.05) is 11.9 Å². The maximum absolute atomic E-state index is 14.8. The maximum Gasteiger partial charge on any atom is 0.317 e. The van der Waals surface area contributed by atoms with Crippen LogP contribution in [0.4, 0.5) is 14.6 Å². The maximum atomic E-state index is 14.8. The second-order valence-electron chi connectivity index (χ2n) is 12.0. The number of carbonyl (C=O) groups excluding carboxylic acids is 1. The van der Waals surface area contributed by atoms with Crippen LogP contribution in [0.5, 0.6) is 11.8 Å². The number of hydrogen-bond acceptors (Lipinski definition) is 10. The van der Waals surface area contributed by atoms with Crippen molar-refractivity contribution in [3.63, 3.8) is 0 Å². The van der Waals surface area contributed by atoms with Crippen LogP contribution in [0.3, 0.4) is 0 Å². The Morgan fingerprint density at radius 2 is 1.92 bits per heavy atom. The zero-order chi connectivity index (χ0) is 33.1. The largest absolute Gasteiger partial charge is 0.494 e. The fourth-order valence-corrected chi connectivity index (χ4v) is 6.81. The number of benzene rings is 2. The van der Waals surface area contributed by atoms with Crippen molar-refractivity contribution in [2.45, 2.75) is 31.4 Å². The van der Waals surface area contributed by atoms with E-state index in [4.69, 9.17) is 9.47 Å². The lowest BCUT2D eigenvalue weighted by Gasteiger charge is -2.28. The van der Waals surface area contributed by atoms with Gasteiger partial charge in [0, 0.05) is 62.0 Å². The van der Waals surface area contributed by atoms with Crippen molar-refractivity contribution in [2.75, 3.05) is 32.1 Å². The molecule has 4 aromatic heterocycles. The van der Waals surface area contributed by atoms with E-state index in [9.17, 15) is 13.6 Å². The number of likely N-dealkylation sites (N-methyl/N-ethyl adjacent to an activating group) is 1. The SMILES string of the molecule is COc1cc(F)ccc1-n1ncc2c(N3C[C@@H]4C[C@H]3C(=O)N(C)CCCc3c5c(cc(F)cc5nn3C)-c3ccnc(n3)O4)ncnc21. The number of hydrogen-bond donors (Lipinski definition) is 0. The summed E-state index contributed by atoms with van der Waals surface area (Å²) in [7, 11) is 5.08. The van der Waals surface area contributed by atoms with Crippen molar-refractivity contribution in [3.05, 3.63) is 72.4 Å². The Labute approximate surface area is 272 Å². The Hall–Kier alpha value is -5.73. The molecule has 1 amide bonds. The van der Waals surface area contributed by atoms with Crippen LogP contribution in [0.2, 0.25) is 0 Å². The number of amides is 1. The number of halogens is 2. The molecule has 0 aliphatic carbocycles. The first-order valence-corrected chi connectivity index (χ1v) is 15.5. The van der Waals surface area contributed by atoms with Crippen molar-refractivity contribution < 1.29 is 23.0 Å². The van der Waals surface area contributed by atoms with Gasteiger partial charge >= 0.3 is 6.01 Å². The summed E-state index contributed by atoms with van der Waals surface area (Å²) in [6.07, 6.45) is 5.73. The molecule has 48 heavy (non-hydrogen) atoms. The first kappa shape index (κ1) is 29.7. The first-order chi connectivity index (χ1) is 23.3. The molecule has 244 valence electrons. The van der Waals surface area contributed by atoms with Crippen LogP contribution in [0.25, 0.3) is 38.9 Å². The van der Waals surface area contributed by atoms with E-state index in [0.717, 1.165) is 11.1 Å². The average molecular weight is 653 g/mol. The summed E-state index contributed by atoms with van der Waals surface area (Å²) in [6, 6.07) is 8.26. The average Bonchev–Trinajstić information content (AvgIpc) is 3.78. The Morgan fingerprint density at radius 3 is 2.77 bits per heavy atom. The molecule has 0 unspecified atom stereocenters. The smallest absolute Gasteiger partial charge is 0.317 e. The summed E-state index contributed by atoms with van der Waals surface area (Å²) >= 11 is 0. The number of anilines is 1. The highest BCUT2D eigenvalue weighted by Gasteiger charge is 2.41. The predicted octanol–water partition coefficient (Wildman–Crippen LogP) is 3.88. The van der Waals surface area contributed by atoms with Gasteiger partial charge in [0.15, 0.2) is 5.65 Å². The summed E-state index contributed by atoms with van der Waals surface area (Å²) in [5.41, 5.74) is 3.51. The van der Waals surface area contributed by atoms with Crippen LogP contribution < -0.4 is 14.4 Å². The van der Waals surface area contributed by atoms with E-state index >= 15 is 0 Å². The Balaban J connectivity index is 1.20. The van der Waals surface area contributed by atoms with Gasteiger partial charge < -0.3 is 19.3 Å². The normalized spacial score (nSPS) is 18.2. The lowest BCUT2D eigenvalue weighted by Crippen LogP contribution is -2.45. The van der Waals surface area contributed by atoms with Crippen molar-refractivity contribution in [1.82, 2.24) is 44.4 Å². The second-order valence-corrected chi connectivity index (χ2v) is 12.0. The van der Waals surface area contributed by atoms with Crippen LogP contribution in [-0.4, -0.2) is 89.7 Å². The van der Waals surface area contributed by atoms with Gasteiger partial charge in [-0.15, -0.1) is 0 Å². The molecule has 1 saturated heterocycles. The van der Waals surface area contributed by atoms with Gasteiger partial charge in [0.2, 0.25) is 5.91 Å². The predicted molar refractivity (Wildman–Crippen MR) is 171 cm³/mol. The minimum Gasteiger partial charge on any atom is -0.494 e. The van der Waals surface area contributed by atoms with Crippen molar-refractivity contribution >= 4 is 33.7 Å². The van der Waals surface area contributed by atoms with Gasteiger partial charge in [-0.2, -0.15) is 15.2 Å². The highest BCUT2D eigenvalue weighted by molar-refractivity contribution is 5.96. The summed E-state index contributed by atoms with van der Waals surface area (Å²) in [5.74, 6) is -0.165. The van der Waals surface area contributed by atoms with Crippen molar-refractivity contribution in [1.29, 1.82) is 0 Å². The molecule has 6 heterocycles. The quantitative estimate of drug-likeness (QED) is 0.278. The van der Waals surface area contributed by atoms with E-state index < -0.39 is 23.8 Å². The number of methoxy groups -OCH3 is 1. The standard InChI is InChI=1S/C33H30F2N10O3/c1-42-10-4-5-26-29-21(11-19(35)12-24(29)41-43(26)2)23-8-9-36-33(40-23)48-20-14-27(32(42)46)44(16-20)30-22-15-39-45(31(22)38-17-37-30)25-7-6-18(34)13-28(25)47-3/h6-9,11-13,15,17,20,27H,4-5,10,14,16H2,1-3H3/t20-,27-/m0/s1. The van der Waals surface area contributed by atoms with Crippen molar-refractivity contribution in [2.24, 2.45) is 7.05 Å². The zero-order valence-corrected chi connectivity index (χ0v) is 26.3. The van der Waals surface area contributed by atoms with Gasteiger partial charge in [0.25, 0.3) is 0 Å². The molecule has 6 aromatic rings. The van der Waals surface area contributed by atoms with Gasteiger partial charge in [-0.3, -0.25) is 9.48 Å². The molecule has 0 radical (unpaired) electrons. The Bertz CT molecular complexity index is 2220. The van der Waals surface area contributed by atoms with Crippen LogP contribution in [0.1, 0.15) is 18.5 Å². The molecule has 8 rings (SSSR count). The first-order valence-electron chi connectivity index (χ1n) is 15.5. The number of carbonyl (C=O) groups is 1. The third-order valence-electron chi connectivity index (χ3n) is 9.02. The monoisotopic (exact) mass is 652 g/mol. The van der Waals surface area contributed by atoms with E-state index in [2.05, 4.69) is 30.1 Å². The molecule has 13 nitrogen and oxygen atoms in total. The number of aromatic nitrogens is 8. The van der Waals surface area contributed by atoms with Crippen LogP contribution in [0.15, 0.2) is 55.1 Å². The highest BCUT2D eigenvalue weighted by Crippen LogP contribution is 2.36. The van der Waals surface area contributed by atoms with Gasteiger partial charge in [0.05, 0.1) is 36.4 Å². The zero-order valence-electron chi connectivity index (χ0n) is 26.3. The summed E-state index contributed by atoms with van der Waals surface area (Å²) in [4.78, 5) is 35.9. The lowest BCUT2D eigenvalue weighted by molar-refractivity contribution is -0.131. The molecule has 15 heteroatoms. The van der Waals surface area contributed by atoms with E-state index in [-0.39, 0.29) is 17.7 Å². The highest BCUT2D eigenvalue weighted by atomic mass is 19.1. The Kier molecular flexibility index (Phi) is 7.11. The molecule has 0 N–H and O–H groups in total. The molecule has 4 bridgehead atoms. The molecule has 0 spiro atoms. The molecule has 2 aliphatic heterocycles. The van der Waals surface area contributed by atoms with Crippen LogP contribution in [-0.2, 0) is 18.3 Å². The number of nitrogens with zero attached hydrogens (tertiary/aromatic N) is 10. The minimum absolute atomic E-state index is 0.0948. The van der Waals surface area contributed by atoms with E-state index in [1.165, 1.54) is 37.7 Å². The summed E-state index contributed by atoms with van der Waals surface area (Å²) in [5, 5.41) is 10.5. The molecule has 2 aliphatic rings. The van der Waals surface area contributed by atoms with Gasteiger partial charge in [-0.1, -0.05) is 0 Å². The number of aryl methyl sites for hydroxylation is 2. The molecule has 1 fully saturated rings. The van der Waals surface area contributed by atoms with Crippen molar-refractivity contribution in [3.8, 4) is 28.7 Å². The molecular formula is C33H30F2N10O3. The molecule has 0 saturated carbocycles. The Morgan fingerprint density at radius 1 is 1.04 bits per heavy atom. The van der Waals surface area contributed by atoms with E-state index in [1.54, 1.807) is 45.8 Å². The summed E-state index contributed by atoms with van der Waals surface area (Å²) < 4.78 is 43.9. The lowest BCUT2D eigenvalue weighted by atomic mass is 10.0. The molecule has 2 aromatic carbocycles. The molecular weight excluding hydrogens is 622 g/mol. The van der Waals surface area contributed by atoms with Gasteiger partial charge in [0.1, 0.15) is 47.4 Å². The number of ether oxygens (including phenoxy) is 2. The second kappa shape index (κ2) is 11.5. The number of rotatable bonds is 3. The van der Waals surface area contributed by atoms with Gasteiger partial charge in [-0.25, -0.2) is 28.4 Å². The third kappa shape index (κ3) is 4.93. The fourth-order valence-electron chi connectivity index (χ4n) is 6.81. The van der Waals surface area contributed by atoms with Crippen LogP contribution >= 0.6 is 0 Å². The van der Waals surface area contributed by atoms with Crippen LogP contribution in [0, 0.1) is 11.6 Å². The summed E-state index contributed by atoms with van der Waals surface area (Å²) in [6.45, 7) is 0.777. The fraction of sp³-hybridized carbons (Fsp3) is 0.303. The third-order valence-corrected chi connectivity index (χ3v) is 9.02. The number of fused-ring (bicyclic) bond motifs is 6. The topological polar surface area (TPSA) is 129 Å².